The molecule has 1 atom stereocenters. The Labute approximate surface area is 155 Å². The number of piperidine rings is 1. The van der Waals surface area contributed by atoms with Crippen molar-refractivity contribution in [3.05, 3.63) is 35.4 Å². The number of amides is 3. The minimum Gasteiger partial charge on any atom is -0.354 e. The third kappa shape index (κ3) is 5.61. The number of halogens is 1. The molecule has 1 unspecified atom stereocenters. The Hall–Kier alpha value is -1.79. The van der Waals surface area contributed by atoms with Crippen molar-refractivity contribution in [2.24, 2.45) is 5.92 Å². The van der Waals surface area contributed by atoms with Crippen LogP contribution in [0.15, 0.2) is 24.3 Å². The summed E-state index contributed by atoms with van der Waals surface area (Å²) in [6.45, 7) is 4.05. The zero-order valence-electron chi connectivity index (χ0n) is 14.4. The van der Waals surface area contributed by atoms with Crippen LogP contribution in [-0.2, 0) is 17.8 Å². The number of carbonyl (C=O) groups excluding carboxylic acids is 2. The number of hydrogen-bond donors (Lipinski definition) is 3. The Morgan fingerprint density at radius 2 is 2.00 bits per heavy atom. The fraction of sp³-hybridized carbons (Fsp3) is 0.556. The number of carbonyl (C=O) groups is 2. The maximum atomic E-state index is 12.2. The Bertz CT molecular complexity index is 590. The third-order valence-corrected chi connectivity index (χ3v) is 4.80. The van der Waals surface area contributed by atoms with E-state index in [9.17, 15) is 9.59 Å². The molecule has 1 fully saturated rings. The van der Waals surface area contributed by atoms with Crippen LogP contribution in [0.2, 0.25) is 0 Å². The minimum absolute atomic E-state index is 0. The van der Waals surface area contributed by atoms with Gasteiger partial charge in [0.1, 0.15) is 0 Å². The minimum atomic E-state index is -0.168. The van der Waals surface area contributed by atoms with E-state index >= 15 is 0 Å². The van der Waals surface area contributed by atoms with Gasteiger partial charge in [-0.15, -0.1) is 12.4 Å². The highest BCUT2D eigenvalue weighted by Gasteiger charge is 2.20. The molecule has 25 heavy (non-hydrogen) atoms. The molecule has 0 saturated carbocycles. The molecule has 3 amide bonds. The average Bonchev–Trinajstić information content (AvgIpc) is 2.65. The topological polar surface area (TPSA) is 73.5 Å². The first kappa shape index (κ1) is 19.5. The van der Waals surface area contributed by atoms with Crippen molar-refractivity contribution in [3.8, 4) is 0 Å². The molecule has 0 aromatic heterocycles. The van der Waals surface area contributed by atoms with Gasteiger partial charge in [0.15, 0.2) is 0 Å². The summed E-state index contributed by atoms with van der Waals surface area (Å²) in [5.41, 5.74) is 2.49. The highest BCUT2D eigenvalue weighted by molar-refractivity contribution is 5.85. The monoisotopic (exact) mass is 366 g/mol. The second kappa shape index (κ2) is 9.63. The molecule has 3 rings (SSSR count). The van der Waals surface area contributed by atoms with E-state index in [-0.39, 0.29) is 30.9 Å². The second-order valence-electron chi connectivity index (χ2n) is 6.62. The summed E-state index contributed by atoms with van der Waals surface area (Å²) >= 11 is 0. The molecule has 2 aliphatic rings. The summed E-state index contributed by atoms with van der Waals surface area (Å²) < 4.78 is 0. The van der Waals surface area contributed by atoms with Crippen molar-refractivity contribution < 1.29 is 9.59 Å². The molecule has 0 aliphatic carbocycles. The standard InChI is InChI=1S/C18H26N4O2.ClH/c23-17(20-11-14-4-3-8-19-10-14)12-21-18(24)22-9-7-15-5-1-2-6-16(15)13-22;/h1-2,5-6,14,19H,3-4,7-13H2,(H,20,23)(H,21,24);1H. The quantitative estimate of drug-likeness (QED) is 0.751. The molecule has 2 heterocycles. The first-order valence-corrected chi connectivity index (χ1v) is 8.79. The van der Waals surface area contributed by atoms with E-state index in [0.717, 1.165) is 32.4 Å². The number of urea groups is 1. The van der Waals surface area contributed by atoms with Crippen LogP contribution >= 0.6 is 12.4 Å². The van der Waals surface area contributed by atoms with Crippen molar-refractivity contribution in [3.63, 3.8) is 0 Å². The smallest absolute Gasteiger partial charge is 0.318 e. The van der Waals surface area contributed by atoms with Gasteiger partial charge >= 0.3 is 6.03 Å². The van der Waals surface area contributed by atoms with E-state index in [0.29, 0.717) is 25.6 Å². The van der Waals surface area contributed by atoms with Gasteiger partial charge < -0.3 is 20.9 Å². The number of nitrogens with zero attached hydrogens (tertiary/aromatic N) is 1. The molecule has 1 aromatic carbocycles. The third-order valence-electron chi connectivity index (χ3n) is 4.80. The predicted molar refractivity (Wildman–Crippen MR) is 99.8 cm³/mol. The molecule has 1 saturated heterocycles. The lowest BCUT2D eigenvalue weighted by Gasteiger charge is -2.29. The second-order valence-corrected chi connectivity index (χ2v) is 6.62. The molecule has 1 aromatic rings. The number of benzene rings is 1. The lowest BCUT2D eigenvalue weighted by molar-refractivity contribution is -0.120. The van der Waals surface area contributed by atoms with E-state index in [1.807, 2.05) is 12.1 Å². The van der Waals surface area contributed by atoms with Gasteiger partial charge in [-0.2, -0.15) is 0 Å². The van der Waals surface area contributed by atoms with E-state index in [1.54, 1.807) is 4.90 Å². The lowest BCUT2D eigenvalue weighted by Crippen LogP contribution is -2.47. The molecule has 3 N–H and O–H groups in total. The van der Waals surface area contributed by atoms with Crippen LogP contribution in [-0.4, -0.2) is 49.6 Å². The summed E-state index contributed by atoms with van der Waals surface area (Å²) in [7, 11) is 0. The van der Waals surface area contributed by atoms with Gasteiger partial charge in [0, 0.05) is 19.6 Å². The van der Waals surface area contributed by atoms with Crippen LogP contribution in [0.25, 0.3) is 0 Å². The Kier molecular flexibility index (Phi) is 7.52. The first-order valence-electron chi connectivity index (χ1n) is 8.79. The van der Waals surface area contributed by atoms with Crippen LogP contribution < -0.4 is 16.0 Å². The Morgan fingerprint density at radius 1 is 1.20 bits per heavy atom. The van der Waals surface area contributed by atoms with Gasteiger partial charge in [-0.25, -0.2) is 4.79 Å². The van der Waals surface area contributed by atoms with Crippen LogP contribution in [0.5, 0.6) is 0 Å². The molecule has 0 radical (unpaired) electrons. The maximum Gasteiger partial charge on any atom is 0.318 e. The zero-order valence-corrected chi connectivity index (χ0v) is 15.2. The summed E-state index contributed by atoms with van der Waals surface area (Å²) in [6.07, 6.45) is 3.17. The van der Waals surface area contributed by atoms with E-state index in [1.165, 1.54) is 11.1 Å². The van der Waals surface area contributed by atoms with Crippen LogP contribution in [0, 0.1) is 5.92 Å². The molecule has 0 spiro atoms. The molecular weight excluding hydrogens is 340 g/mol. The van der Waals surface area contributed by atoms with Gasteiger partial charge in [0.2, 0.25) is 5.91 Å². The fourth-order valence-electron chi connectivity index (χ4n) is 3.36. The van der Waals surface area contributed by atoms with Crippen molar-refractivity contribution >= 4 is 24.3 Å². The predicted octanol–water partition coefficient (Wildman–Crippen LogP) is 1.29. The van der Waals surface area contributed by atoms with Crippen molar-refractivity contribution in [2.75, 3.05) is 32.7 Å². The average molecular weight is 367 g/mol. The van der Waals surface area contributed by atoms with E-state index in [4.69, 9.17) is 0 Å². The number of hydrogen-bond acceptors (Lipinski definition) is 3. The van der Waals surface area contributed by atoms with Crippen molar-refractivity contribution in [1.29, 1.82) is 0 Å². The summed E-state index contributed by atoms with van der Waals surface area (Å²) in [5.74, 6) is 0.378. The maximum absolute atomic E-state index is 12.2. The number of nitrogens with one attached hydrogen (secondary N) is 3. The molecule has 7 heteroatoms. The molecule has 0 bridgehead atoms. The van der Waals surface area contributed by atoms with Gasteiger partial charge in [-0.1, -0.05) is 24.3 Å². The van der Waals surface area contributed by atoms with E-state index < -0.39 is 0 Å². The van der Waals surface area contributed by atoms with Gasteiger partial charge in [0.25, 0.3) is 0 Å². The molecule has 6 nitrogen and oxygen atoms in total. The lowest BCUT2D eigenvalue weighted by atomic mass is 10.00. The van der Waals surface area contributed by atoms with Crippen molar-refractivity contribution in [1.82, 2.24) is 20.9 Å². The van der Waals surface area contributed by atoms with Gasteiger partial charge in [-0.3, -0.25) is 4.79 Å². The van der Waals surface area contributed by atoms with Crippen LogP contribution in [0.3, 0.4) is 0 Å². The summed E-state index contributed by atoms with van der Waals surface area (Å²) in [6, 6.07) is 8.02. The normalized spacial score (nSPS) is 19.4. The molecular formula is C18H27ClN4O2. The number of rotatable bonds is 4. The van der Waals surface area contributed by atoms with E-state index in [2.05, 4.69) is 28.1 Å². The van der Waals surface area contributed by atoms with Crippen LogP contribution in [0.1, 0.15) is 24.0 Å². The van der Waals surface area contributed by atoms with Gasteiger partial charge in [-0.05, 0) is 49.4 Å². The highest BCUT2D eigenvalue weighted by atomic mass is 35.5. The highest BCUT2D eigenvalue weighted by Crippen LogP contribution is 2.18. The molecule has 138 valence electrons. The first-order chi connectivity index (χ1) is 11.7. The zero-order chi connectivity index (χ0) is 16.8. The number of fused-ring (bicyclic) bond motifs is 1. The van der Waals surface area contributed by atoms with Gasteiger partial charge in [0.05, 0.1) is 6.54 Å². The van der Waals surface area contributed by atoms with Crippen LogP contribution in [0.4, 0.5) is 4.79 Å². The largest absolute Gasteiger partial charge is 0.354 e. The Balaban J connectivity index is 0.00000225. The van der Waals surface area contributed by atoms with Crippen molar-refractivity contribution in [2.45, 2.75) is 25.8 Å². The fourth-order valence-corrected chi connectivity index (χ4v) is 3.36. The summed E-state index contributed by atoms with van der Waals surface area (Å²) in [4.78, 5) is 25.9. The SMILES string of the molecule is Cl.O=C(CNC(=O)N1CCc2ccccc2C1)NCC1CCCNC1. The molecule has 2 aliphatic heterocycles. The Morgan fingerprint density at radius 3 is 2.76 bits per heavy atom. The summed E-state index contributed by atoms with van der Waals surface area (Å²) in [5, 5.41) is 8.98.